The number of aliphatic hydroxyl groups is 1. The third-order valence-corrected chi connectivity index (χ3v) is 4.79. The first-order valence-corrected chi connectivity index (χ1v) is 8.59. The van der Waals surface area contributed by atoms with Crippen LogP contribution in [0.25, 0.3) is 11.5 Å². The van der Waals surface area contributed by atoms with Gasteiger partial charge in [0.15, 0.2) is 5.82 Å². The second-order valence-electron chi connectivity index (χ2n) is 7.04. The normalized spacial score (nSPS) is 17.7. The Kier molecular flexibility index (Phi) is 4.87. The molecule has 0 radical (unpaired) electrons. The van der Waals surface area contributed by atoms with Crippen molar-refractivity contribution in [1.82, 2.24) is 19.9 Å². The first-order chi connectivity index (χ1) is 11.9. The molecule has 7 nitrogen and oxygen atoms in total. The van der Waals surface area contributed by atoms with Crippen molar-refractivity contribution in [2.45, 2.75) is 26.3 Å². The number of pyridine rings is 1. The minimum Gasteiger partial charge on any atom is -0.395 e. The maximum atomic E-state index is 9.28. The van der Waals surface area contributed by atoms with E-state index in [9.17, 15) is 5.11 Å². The molecule has 0 amide bonds. The average Bonchev–Trinajstić information content (AvgIpc) is 2.59. The summed E-state index contributed by atoms with van der Waals surface area (Å²) in [6.07, 6.45) is 1.73. The Balaban J connectivity index is 1.94. The molecular weight excluding hydrogens is 316 g/mol. The zero-order valence-corrected chi connectivity index (χ0v) is 15.1. The van der Waals surface area contributed by atoms with Gasteiger partial charge in [-0.25, -0.2) is 9.97 Å². The van der Waals surface area contributed by atoms with E-state index >= 15 is 0 Å². The molecule has 0 unspecified atom stereocenters. The molecule has 134 valence electrons. The molecule has 3 heterocycles. The van der Waals surface area contributed by atoms with Crippen molar-refractivity contribution in [3.8, 4) is 11.5 Å². The number of hydrogen-bond acceptors (Lipinski definition) is 7. The van der Waals surface area contributed by atoms with Gasteiger partial charge in [-0.2, -0.15) is 0 Å². The molecular formula is C18H26N6O. The Labute approximate surface area is 148 Å². The summed E-state index contributed by atoms with van der Waals surface area (Å²) in [6, 6.07) is 5.67. The largest absolute Gasteiger partial charge is 0.395 e. The lowest BCUT2D eigenvalue weighted by Gasteiger charge is -2.47. The molecule has 0 atom stereocenters. The summed E-state index contributed by atoms with van der Waals surface area (Å²) in [4.78, 5) is 18.1. The van der Waals surface area contributed by atoms with Crippen molar-refractivity contribution in [1.29, 1.82) is 0 Å². The van der Waals surface area contributed by atoms with Crippen molar-refractivity contribution in [2.75, 3.05) is 43.4 Å². The fourth-order valence-corrected chi connectivity index (χ4v) is 3.35. The highest BCUT2D eigenvalue weighted by molar-refractivity contribution is 5.63. The lowest BCUT2D eigenvalue weighted by Crippen LogP contribution is -2.60. The summed E-state index contributed by atoms with van der Waals surface area (Å²) in [6.45, 7) is 9.71. The van der Waals surface area contributed by atoms with Crippen LogP contribution in [0.1, 0.15) is 19.4 Å². The van der Waals surface area contributed by atoms with Crippen LogP contribution in [0.15, 0.2) is 24.4 Å². The van der Waals surface area contributed by atoms with Gasteiger partial charge in [-0.1, -0.05) is 6.07 Å². The van der Waals surface area contributed by atoms with Gasteiger partial charge in [-0.3, -0.25) is 9.88 Å². The molecule has 0 aliphatic carbocycles. The summed E-state index contributed by atoms with van der Waals surface area (Å²) < 4.78 is 0. The lowest BCUT2D eigenvalue weighted by molar-refractivity contribution is 0.0810. The minimum atomic E-state index is -0.0572. The van der Waals surface area contributed by atoms with E-state index in [2.05, 4.69) is 33.6 Å². The molecule has 0 spiro atoms. The summed E-state index contributed by atoms with van der Waals surface area (Å²) in [7, 11) is 0. The number of anilines is 2. The molecule has 2 aromatic rings. The Hall–Kier alpha value is -2.25. The van der Waals surface area contributed by atoms with E-state index in [1.807, 2.05) is 25.1 Å². The fraction of sp³-hybridized carbons (Fsp3) is 0.500. The Morgan fingerprint density at radius 2 is 2.04 bits per heavy atom. The molecule has 0 aromatic carbocycles. The second-order valence-corrected chi connectivity index (χ2v) is 7.04. The van der Waals surface area contributed by atoms with Crippen LogP contribution in [0.2, 0.25) is 0 Å². The SMILES string of the molecule is Cc1c(N)nc(-c2ccccn2)nc1N1CCN(CCO)C(C)(C)C1. The van der Waals surface area contributed by atoms with Crippen molar-refractivity contribution >= 4 is 11.6 Å². The van der Waals surface area contributed by atoms with Gasteiger partial charge in [0.25, 0.3) is 0 Å². The van der Waals surface area contributed by atoms with Crippen LogP contribution in [-0.4, -0.2) is 63.3 Å². The first kappa shape index (κ1) is 17.6. The van der Waals surface area contributed by atoms with Crippen molar-refractivity contribution in [2.24, 2.45) is 0 Å². The van der Waals surface area contributed by atoms with Crippen LogP contribution >= 0.6 is 0 Å². The minimum absolute atomic E-state index is 0.0572. The first-order valence-electron chi connectivity index (χ1n) is 8.59. The van der Waals surface area contributed by atoms with E-state index < -0.39 is 0 Å². The number of rotatable bonds is 4. The molecule has 0 saturated carbocycles. The Bertz CT molecular complexity index is 734. The van der Waals surface area contributed by atoms with Gasteiger partial charge in [0.05, 0.1) is 6.61 Å². The number of nitrogens with two attached hydrogens (primary N) is 1. The quantitative estimate of drug-likeness (QED) is 0.866. The zero-order valence-electron chi connectivity index (χ0n) is 15.1. The zero-order chi connectivity index (χ0) is 18.0. The predicted molar refractivity (Wildman–Crippen MR) is 99.4 cm³/mol. The van der Waals surface area contributed by atoms with Gasteiger partial charge in [0.2, 0.25) is 0 Å². The van der Waals surface area contributed by atoms with Crippen LogP contribution in [0, 0.1) is 6.92 Å². The monoisotopic (exact) mass is 342 g/mol. The van der Waals surface area contributed by atoms with Crippen LogP contribution in [0.5, 0.6) is 0 Å². The topological polar surface area (TPSA) is 91.4 Å². The second kappa shape index (κ2) is 6.93. The molecule has 25 heavy (non-hydrogen) atoms. The average molecular weight is 342 g/mol. The number of nitrogen functional groups attached to an aromatic ring is 1. The van der Waals surface area contributed by atoms with Crippen molar-refractivity contribution in [3.05, 3.63) is 30.0 Å². The number of β-amino-alcohol motifs (C(OH)–C–C–N with tert-alkyl or cyclic N) is 1. The van der Waals surface area contributed by atoms with Gasteiger partial charge in [-0.15, -0.1) is 0 Å². The van der Waals surface area contributed by atoms with Gasteiger partial charge in [-0.05, 0) is 32.9 Å². The maximum absolute atomic E-state index is 9.28. The van der Waals surface area contributed by atoms with Gasteiger partial charge >= 0.3 is 0 Å². The van der Waals surface area contributed by atoms with E-state index in [1.165, 1.54) is 0 Å². The summed E-state index contributed by atoms with van der Waals surface area (Å²) in [5, 5.41) is 9.28. The molecule has 3 N–H and O–H groups in total. The van der Waals surface area contributed by atoms with Crippen LogP contribution in [-0.2, 0) is 0 Å². The van der Waals surface area contributed by atoms with Crippen LogP contribution in [0.3, 0.4) is 0 Å². The number of aliphatic hydroxyl groups excluding tert-OH is 1. The third-order valence-electron chi connectivity index (χ3n) is 4.79. The highest BCUT2D eigenvalue weighted by atomic mass is 16.3. The van der Waals surface area contributed by atoms with E-state index in [1.54, 1.807) is 6.20 Å². The van der Waals surface area contributed by atoms with Gasteiger partial charge in [0, 0.05) is 43.5 Å². The Morgan fingerprint density at radius 3 is 2.68 bits per heavy atom. The molecule has 3 rings (SSSR count). The smallest absolute Gasteiger partial charge is 0.182 e. The van der Waals surface area contributed by atoms with Crippen LogP contribution < -0.4 is 10.6 Å². The molecule has 1 saturated heterocycles. The fourth-order valence-electron chi connectivity index (χ4n) is 3.35. The van der Waals surface area contributed by atoms with E-state index in [4.69, 9.17) is 10.7 Å². The molecule has 1 aliphatic heterocycles. The number of piperazine rings is 1. The Morgan fingerprint density at radius 1 is 1.24 bits per heavy atom. The number of hydrogen-bond donors (Lipinski definition) is 2. The van der Waals surface area contributed by atoms with Gasteiger partial charge < -0.3 is 15.7 Å². The highest BCUT2D eigenvalue weighted by Gasteiger charge is 2.34. The number of aromatic nitrogens is 3. The standard InChI is InChI=1S/C18H26N6O/c1-13-15(19)21-16(14-6-4-5-7-20-14)22-17(13)23-8-9-24(10-11-25)18(2,3)12-23/h4-7,25H,8-12H2,1-3H3,(H2,19,21,22). The maximum Gasteiger partial charge on any atom is 0.182 e. The molecule has 0 bridgehead atoms. The van der Waals surface area contributed by atoms with E-state index in [0.29, 0.717) is 23.9 Å². The molecule has 1 fully saturated rings. The lowest BCUT2D eigenvalue weighted by atomic mass is 9.98. The van der Waals surface area contributed by atoms with E-state index in [-0.39, 0.29) is 12.1 Å². The summed E-state index contributed by atoms with van der Waals surface area (Å²) in [5.74, 6) is 1.90. The highest BCUT2D eigenvalue weighted by Crippen LogP contribution is 2.29. The van der Waals surface area contributed by atoms with Crippen LogP contribution in [0.4, 0.5) is 11.6 Å². The van der Waals surface area contributed by atoms with E-state index in [0.717, 1.165) is 31.0 Å². The van der Waals surface area contributed by atoms with Crippen molar-refractivity contribution in [3.63, 3.8) is 0 Å². The van der Waals surface area contributed by atoms with Gasteiger partial charge in [0.1, 0.15) is 17.3 Å². The molecule has 2 aromatic heterocycles. The molecule has 1 aliphatic rings. The summed E-state index contributed by atoms with van der Waals surface area (Å²) in [5.41, 5.74) is 7.71. The van der Waals surface area contributed by atoms with Crippen molar-refractivity contribution < 1.29 is 5.11 Å². The molecule has 7 heteroatoms. The predicted octanol–water partition coefficient (Wildman–Crippen LogP) is 1.32. The summed E-state index contributed by atoms with van der Waals surface area (Å²) >= 11 is 0. The number of nitrogens with zero attached hydrogens (tertiary/aromatic N) is 5. The third kappa shape index (κ3) is 3.57.